The average Bonchev–Trinajstić information content (AvgIpc) is 3.05. The largest absolute Gasteiger partial charge is 0.489 e. The van der Waals surface area contributed by atoms with Crippen LogP contribution in [0.15, 0.2) is 88.4 Å². The lowest BCUT2D eigenvalue weighted by Gasteiger charge is -2.31. The van der Waals surface area contributed by atoms with Crippen LogP contribution >= 0.6 is 0 Å². The molecule has 0 radical (unpaired) electrons. The minimum absolute atomic E-state index is 0.0107. The summed E-state index contributed by atoms with van der Waals surface area (Å²) in [5.74, 6) is 8.65. The van der Waals surface area contributed by atoms with Crippen LogP contribution in [0.5, 0.6) is 5.75 Å². The Morgan fingerprint density at radius 2 is 1.97 bits per heavy atom. The lowest BCUT2D eigenvalue weighted by molar-refractivity contribution is -0.750. The number of fused-ring (bicyclic) bond motifs is 1. The van der Waals surface area contributed by atoms with Crippen molar-refractivity contribution in [2.75, 3.05) is 0 Å². The van der Waals surface area contributed by atoms with Gasteiger partial charge in [0.25, 0.3) is 5.84 Å². The fourth-order valence-corrected chi connectivity index (χ4v) is 4.17. The first-order valence-corrected chi connectivity index (χ1v) is 10.1. The van der Waals surface area contributed by atoms with Crippen molar-refractivity contribution >= 4 is 18.3 Å². The maximum atomic E-state index is 11.0. The normalized spacial score (nSPS) is 26.8. The molecule has 2 heterocycles. The summed E-state index contributed by atoms with van der Waals surface area (Å²) in [4.78, 5) is 20.3. The van der Waals surface area contributed by atoms with Gasteiger partial charge in [-0.05, 0) is 36.6 Å². The number of benzene rings is 2. The van der Waals surface area contributed by atoms with Crippen LogP contribution in [0, 0.1) is 11.8 Å². The molecular weight excluding hydrogens is 376 g/mol. The lowest BCUT2D eigenvalue weighted by Crippen LogP contribution is -2.53. The van der Waals surface area contributed by atoms with Gasteiger partial charge >= 0.3 is 0 Å². The number of amidine groups is 1. The molecule has 2 N–H and O–H groups in total. The minimum atomic E-state index is -0.0107. The number of nitrogens with zero attached hydrogens (tertiary/aromatic N) is 3. The van der Waals surface area contributed by atoms with E-state index in [9.17, 15) is 4.79 Å². The summed E-state index contributed by atoms with van der Waals surface area (Å²) in [5.41, 5.74) is 3.83. The van der Waals surface area contributed by atoms with Crippen LogP contribution in [0.4, 0.5) is 0 Å². The van der Waals surface area contributed by atoms with Gasteiger partial charge in [0, 0.05) is 11.8 Å². The quantitative estimate of drug-likeness (QED) is 0.457. The molecule has 2 aliphatic heterocycles. The maximum absolute atomic E-state index is 11.0. The van der Waals surface area contributed by atoms with Gasteiger partial charge in [-0.15, -0.1) is 4.59 Å². The Labute approximate surface area is 175 Å². The monoisotopic (exact) mass is 399 g/mol. The summed E-state index contributed by atoms with van der Waals surface area (Å²) < 4.78 is 5.99. The van der Waals surface area contributed by atoms with E-state index in [4.69, 9.17) is 15.6 Å². The molecule has 0 amide bonds. The van der Waals surface area contributed by atoms with E-state index >= 15 is 0 Å². The molecule has 5 rings (SSSR count). The zero-order chi connectivity index (χ0) is 20.6. The van der Waals surface area contributed by atoms with Crippen LogP contribution < -0.4 is 10.6 Å². The third-order valence-electron chi connectivity index (χ3n) is 5.92. The number of nitrogens with two attached hydrogens (primary N) is 1. The van der Waals surface area contributed by atoms with E-state index in [0.717, 1.165) is 53.2 Å². The topological polar surface area (TPSA) is 77.0 Å². The van der Waals surface area contributed by atoms with Gasteiger partial charge in [0.1, 0.15) is 30.5 Å². The number of hydrogen-bond acceptors (Lipinski definition) is 5. The van der Waals surface area contributed by atoms with Gasteiger partial charge in [-0.25, -0.2) is 0 Å². The molecule has 6 heteroatoms. The Bertz CT molecular complexity index is 1100. The number of ether oxygens (including phenoxy) is 1. The molecule has 1 aliphatic carbocycles. The van der Waals surface area contributed by atoms with Crippen LogP contribution in [0.25, 0.3) is 0 Å². The number of carbonyl (C=O) groups is 1. The first kappa shape index (κ1) is 18.7. The second kappa shape index (κ2) is 7.48. The van der Waals surface area contributed by atoms with Crippen molar-refractivity contribution in [3.63, 3.8) is 0 Å². The Morgan fingerprint density at radius 3 is 2.77 bits per heavy atom. The average molecular weight is 399 g/mol. The van der Waals surface area contributed by atoms with Crippen molar-refractivity contribution in [1.29, 1.82) is 0 Å². The van der Waals surface area contributed by atoms with Crippen LogP contribution in [-0.2, 0) is 11.4 Å². The van der Waals surface area contributed by atoms with Gasteiger partial charge < -0.3 is 9.53 Å². The minimum Gasteiger partial charge on any atom is -0.489 e. The molecule has 2 aromatic rings. The molecule has 6 nitrogen and oxygen atoms in total. The Hall–Kier alpha value is -3.35. The fourth-order valence-electron chi connectivity index (χ4n) is 4.17. The summed E-state index contributed by atoms with van der Waals surface area (Å²) in [7, 11) is 0. The molecule has 0 spiro atoms. The molecule has 0 saturated heterocycles. The van der Waals surface area contributed by atoms with Crippen LogP contribution in [-0.4, -0.2) is 22.9 Å². The predicted molar refractivity (Wildman–Crippen MR) is 115 cm³/mol. The number of aldehydes is 1. The second-order valence-corrected chi connectivity index (χ2v) is 7.93. The molecule has 3 aliphatic rings. The van der Waals surface area contributed by atoms with E-state index in [1.807, 2.05) is 60.8 Å². The summed E-state index contributed by atoms with van der Waals surface area (Å²) >= 11 is 0. The first-order valence-electron chi connectivity index (χ1n) is 10.1. The lowest BCUT2D eigenvalue weighted by atomic mass is 9.73. The molecule has 0 aromatic heterocycles. The van der Waals surface area contributed by atoms with Gasteiger partial charge in [0.2, 0.25) is 5.70 Å². The molecule has 1 atom stereocenters. The van der Waals surface area contributed by atoms with E-state index in [0.29, 0.717) is 6.61 Å². The van der Waals surface area contributed by atoms with Crippen molar-refractivity contribution in [2.24, 2.45) is 27.7 Å². The number of quaternary nitrogens is 1. The highest BCUT2D eigenvalue weighted by Crippen LogP contribution is 2.44. The Morgan fingerprint density at radius 1 is 1.13 bits per heavy atom. The van der Waals surface area contributed by atoms with Crippen molar-refractivity contribution < 1.29 is 14.1 Å². The van der Waals surface area contributed by atoms with Crippen molar-refractivity contribution in [3.8, 4) is 5.75 Å². The third kappa shape index (κ3) is 3.20. The SMILES string of the molecule is N[N+]12C=CN=CC1=C(C1CC(C=O)C1)N=C2c1cccc(OCc2ccccc2)c1. The van der Waals surface area contributed by atoms with Crippen molar-refractivity contribution in [3.05, 3.63) is 89.5 Å². The number of rotatable bonds is 6. The summed E-state index contributed by atoms with van der Waals surface area (Å²) in [6.07, 6.45) is 8.00. The van der Waals surface area contributed by atoms with Gasteiger partial charge in [0.05, 0.1) is 18.0 Å². The molecule has 1 unspecified atom stereocenters. The Balaban J connectivity index is 1.43. The summed E-state index contributed by atoms with van der Waals surface area (Å²) in [6, 6.07) is 17.9. The highest BCUT2D eigenvalue weighted by molar-refractivity contribution is 6.00. The molecule has 1 saturated carbocycles. The number of aliphatic imine (C=N–C) groups is 2. The van der Waals surface area contributed by atoms with Crippen LogP contribution in [0.1, 0.15) is 24.0 Å². The molecule has 150 valence electrons. The highest BCUT2D eigenvalue weighted by Gasteiger charge is 2.48. The van der Waals surface area contributed by atoms with E-state index < -0.39 is 0 Å². The van der Waals surface area contributed by atoms with Gasteiger partial charge in [-0.1, -0.05) is 36.4 Å². The van der Waals surface area contributed by atoms with Gasteiger partial charge in [-0.2, -0.15) is 10.8 Å². The van der Waals surface area contributed by atoms with Gasteiger partial charge in [-0.3, -0.25) is 4.99 Å². The predicted octanol–water partition coefficient (Wildman–Crippen LogP) is 3.71. The number of allylic oxidation sites excluding steroid dienone is 2. The first-order chi connectivity index (χ1) is 14.7. The second-order valence-electron chi connectivity index (χ2n) is 7.93. The van der Waals surface area contributed by atoms with Crippen molar-refractivity contribution in [1.82, 2.24) is 0 Å². The zero-order valence-electron chi connectivity index (χ0n) is 16.5. The van der Waals surface area contributed by atoms with E-state index in [2.05, 4.69) is 4.99 Å². The molecule has 30 heavy (non-hydrogen) atoms. The number of carbonyl (C=O) groups excluding carboxylic acids is 1. The van der Waals surface area contributed by atoms with Crippen molar-refractivity contribution in [2.45, 2.75) is 19.4 Å². The summed E-state index contributed by atoms with van der Waals surface area (Å²) in [5, 5.41) is 0. The molecule has 1 fully saturated rings. The number of hydrogen-bond donors (Lipinski definition) is 1. The maximum Gasteiger partial charge on any atom is 0.265 e. The van der Waals surface area contributed by atoms with E-state index in [-0.39, 0.29) is 16.4 Å². The summed E-state index contributed by atoms with van der Waals surface area (Å²) in [6.45, 7) is 0.496. The smallest absolute Gasteiger partial charge is 0.265 e. The van der Waals surface area contributed by atoms with Crippen LogP contribution in [0.2, 0.25) is 0 Å². The van der Waals surface area contributed by atoms with Gasteiger partial charge in [0.15, 0.2) is 0 Å². The standard InChI is InChI=1S/C24H23N4O2/c25-28-10-9-26-14-22(28)23(20-11-18(12-20)15-29)27-24(28)19-7-4-8-21(13-19)30-16-17-5-2-1-3-6-17/h1-10,13-15,18,20H,11-12,16,25H2/q+1. The van der Waals surface area contributed by atoms with E-state index in [1.54, 1.807) is 12.4 Å². The fraction of sp³-hybridized carbons (Fsp3) is 0.208. The zero-order valence-corrected chi connectivity index (χ0v) is 16.5. The molecule has 2 aromatic carbocycles. The third-order valence-corrected chi connectivity index (χ3v) is 5.92. The van der Waals surface area contributed by atoms with E-state index in [1.165, 1.54) is 0 Å². The van der Waals surface area contributed by atoms with Crippen LogP contribution in [0.3, 0.4) is 0 Å². The molecule has 0 bridgehead atoms. The highest BCUT2D eigenvalue weighted by atomic mass is 16.5. The Kier molecular flexibility index (Phi) is 4.65. The molecular formula is C24H23N4O2+.